The predicted octanol–water partition coefficient (Wildman–Crippen LogP) is 4.36. The smallest absolute Gasteiger partial charge is 0.115 e. The van der Waals surface area contributed by atoms with E-state index in [0.717, 1.165) is 36.9 Å². The number of aromatic hydroxyl groups is 2. The summed E-state index contributed by atoms with van der Waals surface area (Å²) in [7, 11) is 0. The van der Waals surface area contributed by atoms with Crippen LogP contribution < -0.4 is 0 Å². The van der Waals surface area contributed by atoms with Gasteiger partial charge in [-0.05, 0) is 86.1 Å². The molecule has 2 N–H and O–H groups in total. The van der Waals surface area contributed by atoms with E-state index in [1.807, 2.05) is 24.3 Å². The Morgan fingerprint density at radius 3 is 2.50 bits per heavy atom. The van der Waals surface area contributed by atoms with Crippen molar-refractivity contribution in [3.8, 4) is 11.5 Å². The Labute approximate surface area is 152 Å². The predicted molar refractivity (Wildman–Crippen MR) is 100 cm³/mol. The zero-order valence-corrected chi connectivity index (χ0v) is 15.4. The minimum Gasteiger partial charge on any atom is -0.508 e. The third-order valence-electron chi connectivity index (χ3n) is 4.87. The van der Waals surface area contributed by atoms with E-state index in [4.69, 9.17) is 0 Å². The van der Waals surface area contributed by atoms with Crippen molar-refractivity contribution >= 4 is 15.9 Å². The van der Waals surface area contributed by atoms with Gasteiger partial charge in [-0.3, -0.25) is 0 Å². The molecule has 1 aliphatic rings. The molecule has 2 aromatic rings. The Balaban J connectivity index is 1.46. The SMILES string of the molecule is Oc1cccc(CCN2CCC(Cc3cc(O)ccc3Br)CC2)c1. The number of hydrogen-bond donors (Lipinski definition) is 2. The lowest BCUT2D eigenvalue weighted by Crippen LogP contribution is -2.35. The fraction of sp³-hybridized carbons (Fsp3) is 0.400. The fourth-order valence-corrected chi connectivity index (χ4v) is 3.85. The van der Waals surface area contributed by atoms with Crippen LogP contribution in [-0.2, 0) is 12.8 Å². The van der Waals surface area contributed by atoms with Crippen molar-refractivity contribution in [3.63, 3.8) is 0 Å². The van der Waals surface area contributed by atoms with Crippen LogP contribution in [0.15, 0.2) is 46.9 Å². The number of rotatable bonds is 5. The van der Waals surface area contributed by atoms with Gasteiger partial charge in [-0.2, -0.15) is 0 Å². The van der Waals surface area contributed by atoms with Gasteiger partial charge in [0.1, 0.15) is 11.5 Å². The number of phenolic OH excluding ortho intramolecular Hbond substituents is 2. The molecule has 4 heteroatoms. The van der Waals surface area contributed by atoms with Gasteiger partial charge in [0.15, 0.2) is 0 Å². The standard InChI is InChI=1S/C20H24BrNO2/c21-20-5-4-19(24)14-17(20)12-16-7-10-22(11-8-16)9-6-15-2-1-3-18(23)13-15/h1-5,13-14,16,23-24H,6-12H2. The average Bonchev–Trinajstić information content (AvgIpc) is 2.58. The van der Waals surface area contributed by atoms with Crippen LogP contribution in [0, 0.1) is 5.92 Å². The zero-order chi connectivity index (χ0) is 16.9. The third-order valence-corrected chi connectivity index (χ3v) is 5.65. The molecule has 128 valence electrons. The summed E-state index contributed by atoms with van der Waals surface area (Å²) in [5, 5.41) is 19.2. The van der Waals surface area contributed by atoms with Gasteiger partial charge in [0.05, 0.1) is 0 Å². The van der Waals surface area contributed by atoms with Gasteiger partial charge in [0, 0.05) is 11.0 Å². The van der Waals surface area contributed by atoms with E-state index < -0.39 is 0 Å². The van der Waals surface area contributed by atoms with E-state index >= 15 is 0 Å². The van der Waals surface area contributed by atoms with E-state index in [-0.39, 0.29) is 0 Å². The second-order valence-corrected chi connectivity index (χ2v) is 7.54. The van der Waals surface area contributed by atoms with Crippen molar-refractivity contribution in [3.05, 3.63) is 58.1 Å². The molecule has 3 rings (SSSR count). The minimum atomic E-state index is 0.344. The largest absolute Gasteiger partial charge is 0.508 e. The molecule has 0 aliphatic carbocycles. The lowest BCUT2D eigenvalue weighted by Gasteiger charge is -2.32. The highest BCUT2D eigenvalue weighted by Gasteiger charge is 2.20. The molecule has 1 saturated heterocycles. The maximum absolute atomic E-state index is 9.66. The first-order valence-electron chi connectivity index (χ1n) is 8.58. The molecule has 0 bridgehead atoms. The average molecular weight is 390 g/mol. The molecule has 2 aromatic carbocycles. The van der Waals surface area contributed by atoms with E-state index in [0.29, 0.717) is 17.4 Å². The van der Waals surface area contributed by atoms with Gasteiger partial charge in [-0.25, -0.2) is 0 Å². The van der Waals surface area contributed by atoms with Crippen LogP contribution in [0.1, 0.15) is 24.0 Å². The Bertz CT molecular complexity index is 681. The summed E-state index contributed by atoms with van der Waals surface area (Å²) >= 11 is 3.58. The van der Waals surface area contributed by atoms with E-state index in [1.165, 1.54) is 24.0 Å². The molecule has 0 aromatic heterocycles. The quantitative estimate of drug-likeness (QED) is 0.798. The van der Waals surface area contributed by atoms with Crippen molar-refractivity contribution in [1.82, 2.24) is 4.90 Å². The summed E-state index contributed by atoms with van der Waals surface area (Å²) in [4.78, 5) is 2.51. The maximum Gasteiger partial charge on any atom is 0.115 e. The zero-order valence-electron chi connectivity index (χ0n) is 13.8. The van der Waals surface area contributed by atoms with Crippen molar-refractivity contribution in [2.75, 3.05) is 19.6 Å². The first-order chi connectivity index (χ1) is 11.6. The Morgan fingerprint density at radius 2 is 1.75 bits per heavy atom. The monoisotopic (exact) mass is 389 g/mol. The topological polar surface area (TPSA) is 43.7 Å². The number of nitrogens with zero attached hydrogens (tertiary/aromatic N) is 1. The lowest BCUT2D eigenvalue weighted by molar-refractivity contribution is 0.185. The summed E-state index contributed by atoms with van der Waals surface area (Å²) in [6.45, 7) is 3.30. The van der Waals surface area contributed by atoms with E-state index in [9.17, 15) is 10.2 Å². The van der Waals surface area contributed by atoms with Crippen LogP contribution in [0.3, 0.4) is 0 Å². The number of halogens is 1. The number of hydrogen-bond acceptors (Lipinski definition) is 3. The van der Waals surface area contributed by atoms with Gasteiger partial charge in [0.2, 0.25) is 0 Å². The van der Waals surface area contributed by atoms with Crippen molar-refractivity contribution in [1.29, 1.82) is 0 Å². The Morgan fingerprint density at radius 1 is 1.00 bits per heavy atom. The first kappa shape index (κ1) is 17.3. The van der Waals surface area contributed by atoms with E-state index in [1.54, 1.807) is 12.1 Å². The molecule has 0 saturated carbocycles. The second kappa shape index (κ2) is 8.04. The molecule has 24 heavy (non-hydrogen) atoms. The van der Waals surface area contributed by atoms with Crippen LogP contribution in [-0.4, -0.2) is 34.7 Å². The molecule has 3 nitrogen and oxygen atoms in total. The second-order valence-electron chi connectivity index (χ2n) is 6.68. The highest BCUT2D eigenvalue weighted by Crippen LogP contribution is 2.28. The van der Waals surface area contributed by atoms with Gasteiger partial charge >= 0.3 is 0 Å². The molecular formula is C20H24BrNO2. The Hall–Kier alpha value is -1.52. The molecule has 0 amide bonds. The molecular weight excluding hydrogens is 366 g/mol. The normalized spacial score (nSPS) is 16.4. The number of piperidine rings is 1. The van der Waals surface area contributed by atoms with Gasteiger partial charge in [0.25, 0.3) is 0 Å². The Kier molecular flexibility index (Phi) is 5.80. The van der Waals surface area contributed by atoms with Crippen molar-refractivity contribution in [2.45, 2.75) is 25.7 Å². The summed E-state index contributed by atoms with van der Waals surface area (Å²) in [5.74, 6) is 1.37. The summed E-state index contributed by atoms with van der Waals surface area (Å²) in [5.41, 5.74) is 2.40. The molecule has 0 atom stereocenters. The van der Waals surface area contributed by atoms with Crippen LogP contribution in [0.25, 0.3) is 0 Å². The van der Waals surface area contributed by atoms with Gasteiger partial charge in [-0.1, -0.05) is 28.1 Å². The van der Waals surface area contributed by atoms with E-state index in [2.05, 4.69) is 26.9 Å². The van der Waals surface area contributed by atoms with Crippen LogP contribution in [0.2, 0.25) is 0 Å². The van der Waals surface area contributed by atoms with Crippen LogP contribution in [0.5, 0.6) is 11.5 Å². The number of likely N-dealkylation sites (tertiary alicyclic amines) is 1. The summed E-state index contributed by atoms with van der Waals surface area (Å²) in [6.07, 6.45) is 4.40. The number of benzene rings is 2. The molecule has 0 unspecified atom stereocenters. The van der Waals surface area contributed by atoms with Crippen LogP contribution in [0.4, 0.5) is 0 Å². The summed E-state index contributed by atoms with van der Waals surface area (Å²) in [6, 6.07) is 13.1. The summed E-state index contributed by atoms with van der Waals surface area (Å²) < 4.78 is 1.09. The van der Waals surface area contributed by atoms with Crippen molar-refractivity contribution < 1.29 is 10.2 Å². The number of phenols is 2. The third kappa shape index (κ3) is 4.74. The fourth-order valence-electron chi connectivity index (χ4n) is 3.44. The molecule has 1 heterocycles. The molecule has 1 fully saturated rings. The van der Waals surface area contributed by atoms with Crippen LogP contribution >= 0.6 is 15.9 Å². The highest BCUT2D eigenvalue weighted by molar-refractivity contribution is 9.10. The van der Waals surface area contributed by atoms with Gasteiger partial charge in [-0.15, -0.1) is 0 Å². The van der Waals surface area contributed by atoms with Crippen molar-refractivity contribution in [2.24, 2.45) is 5.92 Å². The lowest BCUT2D eigenvalue weighted by atomic mass is 9.90. The first-order valence-corrected chi connectivity index (χ1v) is 9.37. The van der Waals surface area contributed by atoms with Gasteiger partial charge < -0.3 is 15.1 Å². The molecule has 0 radical (unpaired) electrons. The molecule has 0 spiro atoms. The molecule has 1 aliphatic heterocycles. The maximum atomic E-state index is 9.66. The minimum absolute atomic E-state index is 0.344. The highest BCUT2D eigenvalue weighted by atomic mass is 79.9.